The van der Waals surface area contributed by atoms with E-state index in [-0.39, 0.29) is 12.5 Å². The van der Waals surface area contributed by atoms with Crippen LogP contribution in [-0.2, 0) is 9.59 Å². The highest BCUT2D eigenvalue weighted by atomic mass is 16.5. The van der Waals surface area contributed by atoms with Gasteiger partial charge in [0.15, 0.2) is 0 Å². The first-order valence-corrected chi connectivity index (χ1v) is 6.79. The molecule has 0 aliphatic rings. The Morgan fingerprint density at radius 3 is 2.50 bits per heavy atom. The zero-order valence-corrected chi connectivity index (χ0v) is 12.8. The number of carboxylic acids is 1. The summed E-state index contributed by atoms with van der Waals surface area (Å²) < 4.78 is 5.01. The van der Waals surface area contributed by atoms with Crippen molar-refractivity contribution < 1.29 is 24.2 Å². The topological polar surface area (TPSA) is 105 Å². The van der Waals surface area contributed by atoms with Gasteiger partial charge in [-0.05, 0) is 24.1 Å². The molecule has 0 aromatic heterocycles. The molecule has 2 amide bonds. The van der Waals surface area contributed by atoms with Gasteiger partial charge in [-0.1, -0.05) is 19.9 Å². The number of carbonyl (C=O) groups excluding carboxylic acids is 2. The van der Waals surface area contributed by atoms with Crippen LogP contribution in [0.3, 0.4) is 0 Å². The van der Waals surface area contributed by atoms with Gasteiger partial charge >= 0.3 is 5.97 Å². The Kier molecular flexibility index (Phi) is 6.37. The van der Waals surface area contributed by atoms with Crippen LogP contribution in [-0.4, -0.2) is 42.6 Å². The van der Waals surface area contributed by atoms with Crippen molar-refractivity contribution in [1.82, 2.24) is 10.6 Å². The highest BCUT2D eigenvalue weighted by Crippen LogP contribution is 2.12. The number of carboxylic acid groups (broad SMARTS) is 1. The second kappa shape index (κ2) is 8.02. The summed E-state index contributed by atoms with van der Waals surface area (Å²) in [5.41, 5.74) is 0.353. The summed E-state index contributed by atoms with van der Waals surface area (Å²) in [4.78, 5) is 34.6. The second-order valence-corrected chi connectivity index (χ2v) is 5.04. The third-order valence-corrected chi connectivity index (χ3v) is 2.99. The highest BCUT2D eigenvalue weighted by Gasteiger charge is 2.23. The van der Waals surface area contributed by atoms with Crippen LogP contribution in [0.25, 0.3) is 0 Å². The fraction of sp³-hybridized carbons (Fsp3) is 0.400. The maximum absolute atomic E-state index is 11.9. The van der Waals surface area contributed by atoms with E-state index in [1.165, 1.54) is 7.11 Å². The van der Waals surface area contributed by atoms with E-state index in [0.29, 0.717) is 11.3 Å². The van der Waals surface area contributed by atoms with Crippen molar-refractivity contribution in [3.05, 3.63) is 29.8 Å². The molecule has 0 saturated heterocycles. The molecule has 7 heteroatoms. The van der Waals surface area contributed by atoms with Crippen LogP contribution in [0.15, 0.2) is 24.3 Å². The number of hydrogen-bond acceptors (Lipinski definition) is 4. The molecule has 7 nitrogen and oxygen atoms in total. The molecule has 1 rings (SSSR count). The predicted octanol–water partition coefficient (Wildman–Crippen LogP) is 0.650. The highest BCUT2D eigenvalue weighted by molar-refractivity contribution is 5.97. The van der Waals surface area contributed by atoms with Crippen molar-refractivity contribution >= 4 is 17.8 Å². The average molecular weight is 308 g/mol. The van der Waals surface area contributed by atoms with E-state index in [9.17, 15) is 14.4 Å². The molecule has 0 fully saturated rings. The Balaban J connectivity index is 2.56. The van der Waals surface area contributed by atoms with Gasteiger partial charge in [0.05, 0.1) is 13.7 Å². The minimum absolute atomic E-state index is 0.254. The third-order valence-electron chi connectivity index (χ3n) is 2.99. The van der Waals surface area contributed by atoms with E-state index >= 15 is 0 Å². The zero-order chi connectivity index (χ0) is 16.7. The largest absolute Gasteiger partial charge is 0.497 e. The number of aliphatic carboxylic acids is 1. The summed E-state index contributed by atoms with van der Waals surface area (Å²) in [5, 5.41) is 13.8. The van der Waals surface area contributed by atoms with Gasteiger partial charge in [0.2, 0.25) is 5.91 Å². The summed E-state index contributed by atoms with van der Waals surface area (Å²) in [6.07, 6.45) is 0. The molecule has 0 aliphatic carbocycles. The van der Waals surface area contributed by atoms with Crippen LogP contribution in [0.4, 0.5) is 0 Å². The van der Waals surface area contributed by atoms with E-state index in [0.717, 1.165) is 0 Å². The molecule has 1 atom stereocenters. The summed E-state index contributed by atoms with van der Waals surface area (Å²) in [5.74, 6) is -1.83. The van der Waals surface area contributed by atoms with Gasteiger partial charge in [-0.15, -0.1) is 0 Å². The molecule has 120 valence electrons. The molecule has 0 heterocycles. The monoisotopic (exact) mass is 308 g/mol. The van der Waals surface area contributed by atoms with E-state index in [1.54, 1.807) is 38.1 Å². The molecule has 1 aromatic carbocycles. The van der Waals surface area contributed by atoms with Gasteiger partial charge in [-0.25, -0.2) is 4.79 Å². The fourth-order valence-corrected chi connectivity index (χ4v) is 1.76. The predicted molar refractivity (Wildman–Crippen MR) is 79.7 cm³/mol. The van der Waals surface area contributed by atoms with Gasteiger partial charge in [-0.3, -0.25) is 9.59 Å². The van der Waals surface area contributed by atoms with E-state index in [1.807, 2.05) is 0 Å². The number of amides is 2. The van der Waals surface area contributed by atoms with Gasteiger partial charge in [0, 0.05) is 5.56 Å². The molecular formula is C15H20N2O5. The van der Waals surface area contributed by atoms with E-state index < -0.39 is 23.8 Å². The number of nitrogens with one attached hydrogen (secondary N) is 2. The third kappa shape index (κ3) is 5.08. The first-order chi connectivity index (χ1) is 10.3. The van der Waals surface area contributed by atoms with Crippen molar-refractivity contribution in [3.8, 4) is 5.75 Å². The Hall–Kier alpha value is -2.57. The molecule has 0 bridgehead atoms. The van der Waals surface area contributed by atoms with Crippen molar-refractivity contribution in [2.75, 3.05) is 13.7 Å². The number of methoxy groups -OCH3 is 1. The Morgan fingerprint density at radius 2 is 1.95 bits per heavy atom. The summed E-state index contributed by atoms with van der Waals surface area (Å²) >= 11 is 0. The number of rotatable bonds is 7. The smallest absolute Gasteiger partial charge is 0.326 e. The van der Waals surface area contributed by atoms with Crippen LogP contribution in [0.2, 0.25) is 0 Å². The quantitative estimate of drug-likeness (QED) is 0.686. The normalized spacial score (nSPS) is 11.6. The molecule has 22 heavy (non-hydrogen) atoms. The SMILES string of the molecule is COc1cccc(C(=O)NCC(=O)N[C@@H](C(=O)O)C(C)C)c1. The minimum Gasteiger partial charge on any atom is -0.497 e. The maximum atomic E-state index is 11.9. The number of ether oxygens (including phenoxy) is 1. The standard InChI is InChI=1S/C15H20N2O5/c1-9(2)13(15(20)21)17-12(18)8-16-14(19)10-5-4-6-11(7-10)22-3/h4-7,9,13H,8H2,1-3H3,(H,16,19)(H,17,18)(H,20,21)/t13-/m1/s1. The Morgan fingerprint density at radius 1 is 1.27 bits per heavy atom. The fourth-order valence-electron chi connectivity index (χ4n) is 1.76. The Labute approximate surface area is 128 Å². The first-order valence-electron chi connectivity index (χ1n) is 6.79. The number of hydrogen-bond donors (Lipinski definition) is 3. The average Bonchev–Trinajstić information content (AvgIpc) is 2.49. The lowest BCUT2D eigenvalue weighted by molar-refractivity contribution is -0.142. The van der Waals surface area contributed by atoms with Crippen molar-refractivity contribution in [3.63, 3.8) is 0 Å². The first kappa shape index (κ1) is 17.5. The van der Waals surface area contributed by atoms with Crippen LogP contribution >= 0.6 is 0 Å². The molecule has 0 radical (unpaired) electrons. The number of benzene rings is 1. The summed E-state index contributed by atoms with van der Waals surface area (Å²) in [7, 11) is 1.49. The Bertz CT molecular complexity index is 557. The summed E-state index contributed by atoms with van der Waals surface area (Å²) in [6, 6.07) is 5.50. The molecule has 3 N–H and O–H groups in total. The number of carbonyl (C=O) groups is 3. The lowest BCUT2D eigenvalue weighted by Gasteiger charge is -2.18. The van der Waals surface area contributed by atoms with Crippen molar-refractivity contribution in [2.45, 2.75) is 19.9 Å². The maximum Gasteiger partial charge on any atom is 0.326 e. The van der Waals surface area contributed by atoms with Crippen LogP contribution < -0.4 is 15.4 Å². The molecular weight excluding hydrogens is 288 g/mol. The van der Waals surface area contributed by atoms with E-state index in [2.05, 4.69) is 10.6 Å². The molecule has 0 saturated carbocycles. The zero-order valence-electron chi connectivity index (χ0n) is 12.8. The van der Waals surface area contributed by atoms with Gasteiger partial charge in [0.25, 0.3) is 5.91 Å². The van der Waals surface area contributed by atoms with Crippen LogP contribution in [0.1, 0.15) is 24.2 Å². The summed E-state index contributed by atoms with van der Waals surface area (Å²) in [6.45, 7) is 3.08. The molecule has 0 unspecified atom stereocenters. The molecule has 0 spiro atoms. The minimum atomic E-state index is -1.11. The molecule has 1 aromatic rings. The molecule has 0 aliphatic heterocycles. The van der Waals surface area contributed by atoms with E-state index in [4.69, 9.17) is 9.84 Å². The van der Waals surface area contributed by atoms with Gasteiger partial charge in [-0.2, -0.15) is 0 Å². The van der Waals surface area contributed by atoms with Gasteiger partial charge < -0.3 is 20.5 Å². The van der Waals surface area contributed by atoms with Crippen LogP contribution in [0.5, 0.6) is 5.75 Å². The lowest BCUT2D eigenvalue weighted by atomic mass is 10.1. The second-order valence-electron chi connectivity index (χ2n) is 5.04. The van der Waals surface area contributed by atoms with Crippen molar-refractivity contribution in [2.24, 2.45) is 5.92 Å². The van der Waals surface area contributed by atoms with Crippen LogP contribution in [0, 0.1) is 5.92 Å². The lowest BCUT2D eigenvalue weighted by Crippen LogP contribution is -2.48. The van der Waals surface area contributed by atoms with Gasteiger partial charge in [0.1, 0.15) is 11.8 Å². The van der Waals surface area contributed by atoms with Crippen molar-refractivity contribution in [1.29, 1.82) is 0 Å².